The first-order chi connectivity index (χ1) is 5.08. The number of ether oxygens (including phenoxy) is 1. The van der Waals surface area contributed by atoms with E-state index < -0.39 is 12.4 Å². The van der Waals surface area contributed by atoms with Gasteiger partial charge in [0.05, 0.1) is 14.5 Å². The Morgan fingerprint density at radius 2 is 2.17 bits per heavy atom. The van der Waals surface area contributed by atoms with Crippen LogP contribution in [0.25, 0.3) is 0 Å². The number of rotatable bonds is 1. The fourth-order valence-electron chi connectivity index (χ4n) is 0.877. The fourth-order valence-corrected chi connectivity index (χ4v) is 0.877. The van der Waals surface area contributed by atoms with Gasteiger partial charge in [0.2, 0.25) is 6.30 Å². The second-order valence-corrected chi connectivity index (χ2v) is 2.24. The SMILES string of the molecule is [B]CN1CCOC(F)(F)C1F.[K]. The molecule has 0 aromatic carbocycles. The van der Waals surface area contributed by atoms with Gasteiger partial charge in [-0.15, -0.1) is 0 Å². The summed E-state index contributed by atoms with van der Waals surface area (Å²) in [7, 11) is 5.01. The molecule has 0 saturated carbocycles. The van der Waals surface area contributed by atoms with Crippen LogP contribution in [-0.2, 0) is 4.74 Å². The summed E-state index contributed by atoms with van der Waals surface area (Å²) >= 11 is 0. The Hall–Kier alpha value is 1.41. The van der Waals surface area contributed by atoms with Crippen molar-refractivity contribution in [3.05, 3.63) is 0 Å². The van der Waals surface area contributed by atoms with E-state index >= 15 is 0 Å². The van der Waals surface area contributed by atoms with Crippen molar-refractivity contribution in [3.8, 4) is 0 Å². The quantitative estimate of drug-likeness (QED) is 0.438. The molecule has 0 bridgehead atoms. The van der Waals surface area contributed by atoms with E-state index in [9.17, 15) is 13.2 Å². The summed E-state index contributed by atoms with van der Waals surface area (Å²) < 4.78 is 41.2. The van der Waals surface area contributed by atoms with Crippen molar-refractivity contribution in [1.29, 1.82) is 0 Å². The molecule has 12 heavy (non-hydrogen) atoms. The van der Waals surface area contributed by atoms with E-state index in [2.05, 4.69) is 4.74 Å². The largest absolute Gasteiger partial charge is 0.400 e. The molecule has 63 valence electrons. The molecular formula is C5H7BF3KNO. The maximum atomic E-state index is 12.6. The molecule has 1 aliphatic rings. The molecular weight excluding hydrogens is 197 g/mol. The molecule has 1 rings (SSSR count). The summed E-state index contributed by atoms with van der Waals surface area (Å²) in [5.41, 5.74) is 0. The van der Waals surface area contributed by atoms with Gasteiger partial charge < -0.3 is 4.74 Å². The van der Waals surface area contributed by atoms with Gasteiger partial charge in [-0.3, -0.25) is 4.90 Å². The Balaban J connectivity index is 0.00000121. The number of halogens is 3. The summed E-state index contributed by atoms with van der Waals surface area (Å²) in [4.78, 5) is 0.823. The van der Waals surface area contributed by atoms with Crippen LogP contribution < -0.4 is 0 Å². The Bertz CT molecular complexity index is 151. The van der Waals surface area contributed by atoms with Crippen molar-refractivity contribution in [2.75, 3.05) is 19.6 Å². The molecule has 0 spiro atoms. The van der Waals surface area contributed by atoms with E-state index in [-0.39, 0.29) is 71.0 Å². The average Bonchev–Trinajstić information content (AvgIpc) is 1.95. The van der Waals surface area contributed by atoms with Gasteiger partial charge in [-0.2, -0.15) is 8.78 Å². The fraction of sp³-hybridized carbons (Fsp3) is 1.00. The zero-order chi connectivity index (χ0) is 8.48. The second kappa shape index (κ2) is 5.33. The molecule has 0 amide bonds. The monoisotopic (exact) mass is 204 g/mol. The molecule has 1 unspecified atom stereocenters. The number of hydrogen-bond acceptors (Lipinski definition) is 2. The van der Waals surface area contributed by atoms with Crippen LogP contribution in [0.15, 0.2) is 0 Å². The molecule has 1 saturated heterocycles. The van der Waals surface area contributed by atoms with Crippen LogP contribution in [0.1, 0.15) is 0 Å². The minimum Gasteiger partial charge on any atom is -0.316 e. The first kappa shape index (κ1) is 13.4. The summed E-state index contributed by atoms with van der Waals surface area (Å²) in [5, 5.41) is 0. The van der Waals surface area contributed by atoms with Crippen molar-refractivity contribution in [2.24, 2.45) is 0 Å². The molecule has 0 aromatic heterocycles. The summed E-state index contributed by atoms with van der Waals surface area (Å²) in [6.45, 7) is -0.0854. The van der Waals surface area contributed by atoms with Crippen LogP contribution in [0.5, 0.6) is 0 Å². The number of alkyl halides is 3. The minimum absolute atomic E-state index is 0. The van der Waals surface area contributed by atoms with E-state index in [4.69, 9.17) is 7.85 Å². The zero-order valence-electron chi connectivity index (χ0n) is 6.77. The standard InChI is InChI=1S/C5H7BF3NO.K/c6-3-10-1-2-11-5(8,9)4(10)7;/h4H,1-3H2;. The van der Waals surface area contributed by atoms with E-state index in [1.165, 1.54) is 0 Å². The van der Waals surface area contributed by atoms with Crippen LogP contribution in [0.4, 0.5) is 13.2 Å². The first-order valence-corrected chi connectivity index (χ1v) is 3.18. The van der Waals surface area contributed by atoms with Crippen LogP contribution in [0, 0.1) is 0 Å². The van der Waals surface area contributed by atoms with Gasteiger partial charge in [0.25, 0.3) is 0 Å². The summed E-state index contributed by atoms with van der Waals surface area (Å²) in [5.74, 6) is 0. The van der Waals surface area contributed by atoms with E-state index in [0.717, 1.165) is 4.90 Å². The van der Waals surface area contributed by atoms with Crippen LogP contribution >= 0.6 is 0 Å². The van der Waals surface area contributed by atoms with Crippen LogP contribution in [0.2, 0.25) is 0 Å². The molecule has 3 radical (unpaired) electrons. The van der Waals surface area contributed by atoms with Crippen molar-refractivity contribution in [2.45, 2.75) is 12.4 Å². The average molecular weight is 204 g/mol. The molecule has 0 aliphatic carbocycles. The molecule has 0 aromatic rings. The molecule has 1 atom stereocenters. The molecule has 0 N–H and O–H groups in total. The Morgan fingerprint density at radius 3 is 2.58 bits per heavy atom. The predicted octanol–water partition coefficient (Wildman–Crippen LogP) is -0.0478. The molecule has 1 fully saturated rings. The van der Waals surface area contributed by atoms with Gasteiger partial charge in [0.1, 0.15) is 0 Å². The predicted molar refractivity (Wildman–Crippen MR) is 38.9 cm³/mol. The smallest absolute Gasteiger partial charge is 0.316 e. The van der Waals surface area contributed by atoms with Crippen molar-refractivity contribution in [3.63, 3.8) is 0 Å². The zero-order valence-corrected chi connectivity index (χ0v) is 9.89. The van der Waals surface area contributed by atoms with E-state index in [1.54, 1.807) is 0 Å². The Kier molecular flexibility index (Phi) is 5.96. The maximum Gasteiger partial charge on any atom is 0.400 e. The van der Waals surface area contributed by atoms with Crippen LogP contribution in [-0.4, -0.2) is 96.1 Å². The van der Waals surface area contributed by atoms with Crippen molar-refractivity contribution in [1.82, 2.24) is 4.90 Å². The van der Waals surface area contributed by atoms with Crippen molar-refractivity contribution < 1.29 is 17.9 Å². The van der Waals surface area contributed by atoms with Gasteiger partial charge in [0.15, 0.2) is 0 Å². The molecule has 7 heteroatoms. The summed E-state index contributed by atoms with van der Waals surface area (Å²) in [6, 6.07) is 0. The minimum atomic E-state index is -3.71. The van der Waals surface area contributed by atoms with Crippen LogP contribution in [0.3, 0.4) is 0 Å². The van der Waals surface area contributed by atoms with Crippen molar-refractivity contribution >= 4 is 59.2 Å². The number of hydrogen-bond donors (Lipinski definition) is 0. The third kappa shape index (κ3) is 2.97. The van der Waals surface area contributed by atoms with Gasteiger partial charge in [0, 0.05) is 57.9 Å². The molecule has 1 heterocycles. The van der Waals surface area contributed by atoms with Gasteiger partial charge in [-0.05, 0) is 6.44 Å². The normalized spacial score (nSPS) is 29.4. The second-order valence-electron chi connectivity index (χ2n) is 2.24. The number of nitrogens with zero attached hydrogens (tertiary/aromatic N) is 1. The number of morpholine rings is 1. The molecule has 1 aliphatic heterocycles. The first-order valence-electron chi connectivity index (χ1n) is 3.18. The summed E-state index contributed by atoms with van der Waals surface area (Å²) in [6.07, 6.45) is -6.35. The van der Waals surface area contributed by atoms with E-state index in [0.29, 0.717) is 0 Å². The third-order valence-electron chi connectivity index (χ3n) is 1.51. The third-order valence-corrected chi connectivity index (χ3v) is 1.51. The molecule has 2 nitrogen and oxygen atoms in total. The Morgan fingerprint density at radius 1 is 1.58 bits per heavy atom. The maximum absolute atomic E-state index is 12.6. The van der Waals surface area contributed by atoms with Gasteiger partial charge in [-0.1, -0.05) is 0 Å². The topological polar surface area (TPSA) is 12.5 Å². The Labute approximate surface area is 113 Å². The van der Waals surface area contributed by atoms with Gasteiger partial charge in [-0.25, -0.2) is 4.39 Å². The van der Waals surface area contributed by atoms with Gasteiger partial charge >= 0.3 is 6.11 Å². The van der Waals surface area contributed by atoms with E-state index in [1.807, 2.05) is 0 Å².